The highest BCUT2D eigenvalue weighted by atomic mass is 16.5. The maximum atomic E-state index is 12.4. The van der Waals surface area contributed by atoms with Crippen LogP contribution >= 0.6 is 0 Å². The summed E-state index contributed by atoms with van der Waals surface area (Å²) in [4.78, 5) is 23.9. The Morgan fingerprint density at radius 1 is 1.32 bits per heavy atom. The Hall–Kier alpha value is -2.87. The van der Waals surface area contributed by atoms with E-state index in [1.165, 1.54) is 0 Å². The third-order valence-corrected chi connectivity index (χ3v) is 4.54. The summed E-state index contributed by atoms with van der Waals surface area (Å²) in [5.74, 6) is 1.08. The number of aromatic amines is 1. The lowest BCUT2D eigenvalue weighted by atomic mass is 10.0. The Morgan fingerprint density at radius 2 is 2.12 bits per heavy atom. The van der Waals surface area contributed by atoms with Crippen LogP contribution in [-0.4, -0.2) is 37.8 Å². The van der Waals surface area contributed by atoms with Gasteiger partial charge in [-0.2, -0.15) is 0 Å². The van der Waals surface area contributed by atoms with Gasteiger partial charge in [-0.15, -0.1) is 0 Å². The number of hydrogen-bond acceptors (Lipinski definition) is 6. The first-order valence-corrected chi connectivity index (χ1v) is 8.25. The summed E-state index contributed by atoms with van der Waals surface area (Å²) < 4.78 is 7.00. The van der Waals surface area contributed by atoms with Crippen molar-refractivity contribution in [1.82, 2.24) is 19.5 Å². The normalized spacial score (nSPS) is 15.7. The van der Waals surface area contributed by atoms with Crippen LogP contribution in [0, 0.1) is 5.92 Å². The number of rotatable bonds is 3. The number of hydrogen-bond donors (Lipinski definition) is 3. The number of H-pyrrole nitrogens is 1. The first-order valence-electron chi connectivity index (χ1n) is 8.25. The van der Waals surface area contributed by atoms with Crippen molar-refractivity contribution in [3.63, 3.8) is 0 Å². The number of phenolic OH excluding ortho intramolecular Hbond substituents is 1. The summed E-state index contributed by atoms with van der Waals surface area (Å²) in [6.45, 7) is 2.00. The predicted molar refractivity (Wildman–Crippen MR) is 93.2 cm³/mol. The van der Waals surface area contributed by atoms with Crippen molar-refractivity contribution in [2.75, 3.05) is 18.9 Å². The second-order valence-corrected chi connectivity index (χ2v) is 6.28. The van der Waals surface area contributed by atoms with Crippen LogP contribution in [0.5, 0.6) is 5.75 Å². The van der Waals surface area contributed by atoms with Crippen molar-refractivity contribution in [2.45, 2.75) is 19.4 Å². The molecule has 0 radical (unpaired) electrons. The molecule has 4 N–H and O–H groups in total. The average Bonchev–Trinajstić information content (AvgIpc) is 2.92. The van der Waals surface area contributed by atoms with Crippen molar-refractivity contribution >= 4 is 17.0 Å². The largest absolute Gasteiger partial charge is 0.508 e. The van der Waals surface area contributed by atoms with E-state index in [4.69, 9.17) is 10.5 Å². The molecule has 1 aliphatic heterocycles. The topological polar surface area (TPSA) is 119 Å². The molecule has 1 aromatic carbocycles. The number of nitrogens with two attached hydrogens (primary N) is 1. The van der Waals surface area contributed by atoms with E-state index in [-0.39, 0.29) is 17.3 Å². The van der Waals surface area contributed by atoms with Gasteiger partial charge < -0.3 is 20.6 Å². The molecule has 1 fully saturated rings. The van der Waals surface area contributed by atoms with Gasteiger partial charge in [0.1, 0.15) is 11.3 Å². The molecule has 130 valence electrons. The highest BCUT2D eigenvalue weighted by Gasteiger charge is 2.20. The zero-order valence-corrected chi connectivity index (χ0v) is 13.6. The molecule has 2 aromatic heterocycles. The zero-order chi connectivity index (χ0) is 17.4. The number of aromatic hydroxyl groups is 1. The van der Waals surface area contributed by atoms with Crippen molar-refractivity contribution in [2.24, 2.45) is 5.92 Å². The highest BCUT2D eigenvalue weighted by Crippen LogP contribution is 2.25. The van der Waals surface area contributed by atoms with Gasteiger partial charge in [0, 0.05) is 25.3 Å². The molecule has 4 rings (SSSR count). The standard InChI is InChI=1S/C17H19N5O3/c18-14-13-16(21-15(20-14)11-2-1-3-12(23)8-11)22(17(24)19-13)9-10-4-6-25-7-5-10/h1-3,8,10,23H,4-7,9H2,(H,19,24)(H2,18,20,21). The Kier molecular flexibility index (Phi) is 3.89. The van der Waals surface area contributed by atoms with Crippen LogP contribution in [0.2, 0.25) is 0 Å². The van der Waals surface area contributed by atoms with Crippen LogP contribution in [0.1, 0.15) is 12.8 Å². The monoisotopic (exact) mass is 341 g/mol. The molecule has 25 heavy (non-hydrogen) atoms. The van der Waals surface area contributed by atoms with Gasteiger partial charge in [-0.3, -0.25) is 4.57 Å². The number of nitrogen functional groups attached to an aromatic ring is 1. The maximum absolute atomic E-state index is 12.4. The summed E-state index contributed by atoms with van der Waals surface area (Å²) in [6, 6.07) is 6.63. The smallest absolute Gasteiger partial charge is 0.327 e. The van der Waals surface area contributed by atoms with E-state index in [1.54, 1.807) is 28.8 Å². The van der Waals surface area contributed by atoms with E-state index in [1.807, 2.05) is 0 Å². The average molecular weight is 341 g/mol. The fraction of sp³-hybridized carbons (Fsp3) is 0.353. The fourth-order valence-electron chi connectivity index (χ4n) is 3.18. The first kappa shape index (κ1) is 15.6. The molecular formula is C17H19N5O3. The van der Waals surface area contributed by atoms with Gasteiger partial charge in [0.05, 0.1) is 0 Å². The molecule has 0 bridgehead atoms. The minimum atomic E-state index is -0.240. The molecular weight excluding hydrogens is 322 g/mol. The molecule has 0 amide bonds. The Bertz CT molecular complexity index is 972. The SMILES string of the molecule is Nc1nc(-c2cccc(O)c2)nc2c1[nH]c(=O)n2CC1CCOCC1. The number of nitrogens with zero attached hydrogens (tertiary/aromatic N) is 3. The summed E-state index contributed by atoms with van der Waals surface area (Å²) >= 11 is 0. The molecule has 0 saturated carbocycles. The van der Waals surface area contributed by atoms with E-state index in [9.17, 15) is 9.90 Å². The van der Waals surface area contributed by atoms with Crippen LogP contribution in [0.3, 0.4) is 0 Å². The third kappa shape index (κ3) is 2.96. The van der Waals surface area contributed by atoms with Gasteiger partial charge in [-0.05, 0) is 30.9 Å². The van der Waals surface area contributed by atoms with Crippen molar-refractivity contribution in [3.8, 4) is 17.1 Å². The Morgan fingerprint density at radius 3 is 2.88 bits per heavy atom. The molecule has 0 spiro atoms. The van der Waals surface area contributed by atoms with E-state index < -0.39 is 0 Å². The van der Waals surface area contributed by atoms with Crippen LogP contribution in [0.25, 0.3) is 22.6 Å². The van der Waals surface area contributed by atoms with Crippen molar-refractivity contribution in [1.29, 1.82) is 0 Å². The molecule has 3 aromatic rings. The van der Waals surface area contributed by atoms with E-state index in [0.717, 1.165) is 12.8 Å². The Labute approximate surface area is 143 Å². The highest BCUT2D eigenvalue weighted by molar-refractivity contribution is 5.83. The van der Waals surface area contributed by atoms with Crippen LogP contribution in [0.4, 0.5) is 5.82 Å². The number of aromatic nitrogens is 4. The zero-order valence-electron chi connectivity index (χ0n) is 13.6. The summed E-state index contributed by atoms with van der Waals surface area (Å²) in [6.07, 6.45) is 1.83. The van der Waals surface area contributed by atoms with Crippen molar-refractivity contribution < 1.29 is 9.84 Å². The van der Waals surface area contributed by atoms with Gasteiger partial charge in [0.15, 0.2) is 17.3 Å². The lowest BCUT2D eigenvalue weighted by molar-refractivity contribution is 0.0613. The molecule has 1 aliphatic rings. The number of ether oxygens (including phenoxy) is 1. The van der Waals surface area contributed by atoms with Gasteiger partial charge in [-0.25, -0.2) is 14.8 Å². The van der Waals surface area contributed by atoms with Crippen LogP contribution in [-0.2, 0) is 11.3 Å². The summed E-state index contributed by atoms with van der Waals surface area (Å²) in [7, 11) is 0. The predicted octanol–water partition coefficient (Wildman–Crippen LogP) is 1.50. The lowest BCUT2D eigenvalue weighted by Gasteiger charge is -2.22. The number of imidazole rings is 1. The molecule has 0 atom stereocenters. The van der Waals surface area contributed by atoms with Gasteiger partial charge in [-0.1, -0.05) is 12.1 Å². The molecule has 0 aliphatic carbocycles. The second kappa shape index (κ2) is 6.21. The number of nitrogens with one attached hydrogen (secondary N) is 1. The number of fused-ring (bicyclic) bond motifs is 1. The first-order chi connectivity index (χ1) is 12.1. The second-order valence-electron chi connectivity index (χ2n) is 6.28. The Balaban J connectivity index is 1.80. The van der Waals surface area contributed by atoms with Crippen LogP contribution in [0.15, 0.2) is 29.1 Å². The minimum Gasteiger partial charge on any atom is -0.508 e. The molecule has 8 nitrogen and oxygen atoms in total. The number of anilines is 1. The summed E-state index contributed by atoms with van der Waals surface area (Å²) in [5.41, 5.74) is 7.36. The molecule has 8 heteroatoms. The molecule has 1 saturated heterocycles. The maximum Gasteiger partial charge on any atom is 0.327 e. The molecule has 0 unspecified atom stereocenters. The molecule has 3 heterocycles. The van der Waals surface area contributed by atoms with Gasteiger partial charge >= 0.3 is 5.69 Å². The van der Waals surface area contributed by atoms with E-state index in [0.29, 0.717) is 48.2 Å². The van der Waals surface area contributed by atoms with Crippen molar-refractivity contribution in [3.05, 3.63) is 34.7 Å². The number of phenols is 1. The fourth-order valence-corrected chi connectivity index (χ4v) is 3.18. The lowest BCUT2D eigenvalue weighted by Crippen LogP contribution is -2.26. The summed E-state index contributed by atoms with van der Waals surface area (Å²) in [5, 5.41) is 9.67. The minimum absolute atomic E-state index is 0.119. The van der Waals surface area contributed by atoms with Crippen LogP contribution < -0.4 is 11.4 Å². The quantitative estimate of drug-likeness (QED) is 0.664. The van der Waals surface area contributed by atoms with Gasteiger partial charge in [0.25, 0.3) is 0 Å². The number of benzene rings is 1. The van der Waals surface area contributed by atoms with E-state index >= 15 is 0 Å². The van der Waals surface area contributed by atoms with E-state index in [2.05, 4.69) is 15.0 Å². The van der Waals surface area contributed by atoms with Gasteiger partial charge in [0.2, 0.25) is 0 Å². The third-order valence-electron chi connectivity index (χ3n) is 4.54.